The summed E-state index contributed by atoms with van der Waals surface area (Å²) < 4.78 is 0. The van der Waals surface area contributed by atoms with Gasteiger partial charge >= 0.3 is 0 Å². The summed E-state index contributed by atoms with van der Waals surface area (Å²) in [5.74, 6) is 0.107. The molecule has 0 aliphatic carbocycles. The number of aryl methyl sites for hydroxylation is 1. The summed E-state index contributed by atoms with van der Waals surface area (Å²) in [4.78, 5) is 21.4. The van der Waals surface area contributed by atoms with E-state index < -0.39 is 0 Å². The summed E-state index contributed by atoms with van der Waals surface area (Å²) in [7, 11) is 0. The fourth-order valence-electron chi connectivity index (χ4n) is 3.19. The molecule has 3 rings (SSSR count). The Morgan fingerprint density at radius 3 is 2.70 bits per heavy atom. The van der Waals surface area contributed by atoms with Crippen molar-refractivity contribution < 1.29 is 4.79 Å². The zero-order chi connectivity index (χ0) is 16.2. The molecular formula is C19H23N3O. The number of pyridine rings is 1. The number of nitrogens with zero attached hydrogens (tertiary/aromatic N) is 3. The maximum atomic E-state index is 12.9. The van der Waals surface area contributed by atoms with Crippen LogP contribution in [0.25, 0.3) is 0 Å². The smallest absolute Gasteiger partial charge is 0.256 e. The number of amides is 1. The number of hydrogen-bond acceptors (Lipinski definition) is 3. The van der Waals surface area contributed by atoms with Crippen molar-refractivity contribution in [1.29, 1.82) is 0 Å². The highest BCUT2D eigenvalue weighted by atomic mass is 16.2. The van der Waals surface area contributed by atoms with Gasteiger partial charge in [-0.25, -0.2) is 0 Å². The van der Waals surface area contributed by atoms with Gasteiger partial charge in [-0.3, -0.25) is 9.78 Å². The molecule has 0 radical (unpaired) electrons. The molecule has 1 aromatic carbocycles. The van der Waals surface area contributed by atoms with E-state index in [0.29, 0.717) is 0 Å². The Hall–Kier alpha value is -2.36. The lowest BCUT2D eigenvalue weighted by Crippen LogP contribution is -2.55. The second kappa shape index (κ2) is 6.82. The molecular weight excluding hydrogens is 286 g/mol. The van der Waals surface area contributed by atoms with Crippen LogP contribution in [0.3, 0.4) is 0 Å². The number of carbonyl (C=O) groups excluding carboxylic acids is 1. The maximum absolute atomic E-state index is 12.9. The number of rotatable bonds is 3. The zero-order valence-corrected chi connectivity index (χ0v) is 13.8. The summed E-state index contributed by atoms with van der Waals surface area (Å²) >= 11 is 0. The summed E-state index contributed by atoms with van der Waals surface area (Å²) in [6.07, 6.45) is 4.37. The van der Waals surface area contributed by atoms with Crippen LogP contribution in [-0.4, -0.2) is 41.5 Å². The summed E-state index contributed by atoms with van der Waals surface area (Å²) in [6.45, 7) is 6.61. The molecule has 1 amide bonds. The van der Waals surface area contributed by atoms with Crippen molar-refractivity contribution in [1.82, 2.24) is 9.88 Å². The second-order valence-corrected chi connectivity index (χ2v) is 6.03. The predicted octanol–water partition coefficient (Wildman–Crippen LogP) is 3.13. The minimum Gasteiger partial charge on any atom is -0.368 e. The van der Waals surface area contributed by atoms with E-state index >= 15 is 0 Å². The third kappa shape index (κ3) is 3.21. The van der Waals surface area contributed by atoms with Gasteiger partial charge in [-0.2, -0.15) is 0 Å². The van der Waals surface area contributed by atoms with Gasteiger partial charge in [0.1, 0.15) is 0 Å². The molecule has 120 valence electrons. The largest absolute Gasteiger partial charge is 0.368 e. The highest BCUT2D eigenvalue weighted by molar-refractivity contribution is 5.95. The van der Waals surface area contributed by atoms with E-state index in [1.807, 2.05) is 24.0 Å². The number of piperazine rings is 1. The molecule has 0 N–H and O–H groups in total. The Balaban J connectivity index is 1.78. The molecule has 1 aliphatic rings. The molecule has 2 heterocycles. The van der Waals surface area contributed by atoms with E-state index in [1.165, 1.54) is 5.69 Å². The first-order valence-corrected chi connectivity index (χ1v) is 8.22. The molecule has 4 nitrogen and oxygen atoms in total. The van der Waals surface area contributed by atoms with Crippen molar-refractivity contribution in [3.63, 3.8) is 0 Å². The molecule has 4 heteroatoms. The first-order chi connectivity index (χ1) is 11.2. The first-order valence-electron chi connectivity index (χ1n) is 8.22. The SMILES string of the molecule is CCC1CN(c2ccccc2)CCN1C(=O)c1cnccc1C. The molecule has 1 fully saturated rings. The van der Waals surface area contributed by atoms with Gasteiger partial charge in [0.25, 0.3) is 5.91 Å². The van der Waals surface area contributed by atoms with Crippen LogP contribution < -0.4 is 4.90 Å². The van der Waals surface area contributed by atoms with E-state index in [9.17, 15) is 4.79 Å². The van der Waals surface area contributed by atoms with Crippen LogP contribution in [0.1, 0.15) is 29.3 Å². The third-order valence-corrected chi connectivity index (χ3v) is 4.61. The Labute approximate surface area is 137 Å². The van der Waals surface area contributed by atoms with E-state index in [0.717, 1.165) is 37.2 Å². The van der Waals surface area contributed by atoms with Crippen LogP contribution in [0.4, 0.5) is 5.69 Å². The molecule has 0 bridgehead atoms. The normalized spacial score (nSPS) is 18.1. The van der Waals surface area contributed by atoms with Crippen molar-refractivity contribution in [2.45, 2.75) is 26.3 Å². The lowest BCUT2D eigenvalue weighted by Gasteiger charge is -2.42. The summed E-state index contributed by atoms with van der Waals surface area (Å²) in [5, 5.41) is 0. The van der Waals surface area contributed by atoms with Gasteiger partial charge in [0.05, 0.1) is 5.56 Å². The quantitative estimate of drug-likeness (QED) is 0.874. The molecule has 1 aromatic heterocycles. The molecule has 1 unspecified atom stereocenters. The summed E-state index contributed by atoms with van der Waals surface area (Å²) in [6, 6.07) is 12.6. The summed E-state index contributed by atoms with van der Waals surface area (Å²) in [5.41, 5.74) is 2.94. The Morgan fingerprint density at radius 1 is 1.22 bits per heavy atom. The standard InChI is InChI=1S/C19H23N3O/c1-3-16-14-21(17-7-5-4-6-8-17)11-12-22(16)19(23)18-13-20-10-9-15(18)2/h4-10,13,16H,3,11-12,14H2,1-2H3. The molecule has 2 aromatic rings. The lowest BCUT2D eigenvalue weighted by atomic mass is 10.0. The van der Waals surface area contributed by atoms with Crippen LogP contribution in [0.5, 0.6) is 0 Å². The zero-order valence-electron chi connectivity index (χ0n) is 13.8. The topological polar surface area (TPSA) is 36.4 Å². The number of hydrogen-bond donors (Lipinski definition) is 0. The Kier molecular flexibility index (Phi) is 4.60. The van der Waals surface area contributed by atoms with E-state index in [2.05, 4.69) is 41.1 Å². The van der Waals surface area contributed by atoms with Crippen molar-refractivity contribution >= 4 is 11.6 Å². The number of benzene rings is 1. The first kappa shape index (κ1) is 15.5. The van der Waals surface area contributed by atoms with Crippen molar-refractivity contribution in [2.24, 2.45) is 0 Å². The lowest BCUT2D eigenvalue weighted by molar-refractivity contribution is 0.0650. The van der Waals surface area contributed by atoms with Gasteiger partial charge in [0.15, 0.2) is 0 Å². The van der Waals surface area contributed by atoms with Crippen molar-refractivity contribution in [2.75, 3.05) is 24.5 Å². The number of anilines is 1. The Morgan fingerprint density at radius 2 is 2.00 bits per heavy atom. The van der Waals surface area contributed by atoms with Crippen molar-refractivity contribution in [3.05, 3.63) is 59.9 Å². The van der Waals surface area contributed by atoms with Gasteiger partial charge in [-0.15, -0.1) is 0 Å². The van der Waals surface area contributed by atoms with E-state index in [4.69, 9.17) is 0 Å². The van der Waals surface area contributed by atoms with Gasteiger partial charge in [0.2, 0.25) is 0 Å². The minimum atomic E-state index is 0.107. The highest BCUT2D eigenvalue weighted by Crippen LogP contribution is 2.22. The third-order valence-electron chi connectivity index (χ3n) is 4.61. The molecule has 1 saturated heterocycles. The van der Waals surface area contributed by atoms with E-state index in [1.54, 1.807) is 12.4 Å². The van der Waals surface area contributed by atoms with Crippen LogP contribution in [0.15, 0.2) is 48.8 Å². The molecule has 23 heavy (non-hydrogen) atoms. The number of para-hydroxylation sites is 1. The van der Waals surface area contributed by atoms with Crippen molar-refractivity contribution in [3.8, 4) is 0 Å². The van der Waals surface area contributed by atoms with Crippen LogP contribution >= 0.6 is 0 Å². The average Bonchev–Trinajstić information content (AvgIpc) is 2.62. The van der Waals surface area contributed by atoms with Gasteiger partial charge in [-0.05, 0) is 37.1 Å². The number of carbonyl (C=O) groups is 1. The average molecular weight is 309 g/mol. The predicted molar refractivity (Wildman–Crippen MR) is 92.7 cm³/mol. The Bertz CT molecular complexity index is 671. The van der Waals surface area contributed by atoms with Gasteiger partial charge in [0, 0.05) is 43.8 Å². The van der Waals surface area contributed by atoms with Gasteiger partial charge < -0.3 is 9.80 Å². The minimum absolute atomic E-state index is 0.107. The molecule has 0 saturated carbocycles. The monoisotopic (exact) mass is 309 g/mol. The maximum Gasteiger partial charge on any atom is 0.256 e. The number of aromatic nitrogens is 1. The molecule has 0 spiro atoms. The fraction of sp³-hybridized carbons (Fsp3) is 0.368. The fourth-order valence-corrected chi connectivity index (χ4v) is 3.19. The molecule has 1 aliphatic heterocycles. The van der Waals surface area contributed by atoms with Crippen LogP contribution in [0.2, 0.25) is 0 Å². The van der Waals surface area contributed by atoms with Crippen LogP contribution in [-0.2, 0) is 0 Å². The van der Waals surface area contributed by atoms with E-state index in [-0.39, 0.29) is 11.9 Å². The van der Waals surface area contributed by atoms with Gasteiger partial charge in [-0.1, -0.05) is 25.1 Å². The highest BCUT2D eigenvalue weighted by Gasteiger charge is 2.30. The molecule has 1 atom stereocenters. The second-order valence-electron chi connectivity index (χ2n) is 6.03. The van der Waals surface area contributed by atoms with Crippen LogP contribution in [0, 0.1) is 6.92 Å².